The Labute approximate surface area is 173 Å². The Hall–Kier alpha value is -3.06. The molecule has 1 aliphatic heterocycles. The highest BCUT2D eigenvalue weighted by Gasteiger charge is 2.35. The second kappa shape index (κ2) is 8.13. The fraction of sp³-hybridized carbons (Fsp3) is 0.273. The molecular formula is C22H22N4O2S. The largest absolute Gasteiger partial charge is 0.327 e. The number of aryl methyl sites for hydroxylation is 2. The number of hydrogen-bond acceptors (Lipinski definition) is 5. The molecule has 0 bridgehead atoms. The van der Waals surface area contributed by atoms with Gasteiger partial charge in [-0.1, -0.05) is 52.8 Å². The number of nitrogens with zero attached hydrogens (tertiary/aromatic N) is 3. The van der Waals surface area contributed by atoms with Crippen molar-refractivity contribution in [2.24, 2.45) is 0 Å². The minimum absolute atomic E-state index is 0.111. The summed E-state index contributed by atoms with van der Waals surface area (Å²) in [7, 11) is 0. The molecule has 2 amide bonds. The van der Waals surface area contributed by atoms with Crippen LogP contribution in [0, 0.1) is 13.8 Å². The first-order chi connectivity index (χ1) is 14.0. The average Bonchev–Trinajstić information content (AvgIpc) is 3.38. The van der Waals surface area contributed by atoms with E-state index in [1.807, 2.05) is 62.4 Å². The molecule has 1 atom stereocenters. The number of benzene rings is 2. The van der Waals surface area contributed by atoms with Crippen LogP contribution in [0.25, 0.3) is 10.6 Å². The molecule has 0 saturated carbocycles. The standard InChI is InChI=1S/C22H22N4O2S/c1-14-8-10-16(11-9-14)21(28)26-12-4-7-18(26)19(27)23-22-25-24-20(29-22)17-6-3-5-15(2)13-17/h3,5-6,8-11,13,18H,4,7,12H2,1-2H3,(H,23,25,27). The first-order valence-corrected chi connectivity index (χ1v) is 10.4. The number of likely N-dealkylation sites (tertiary alicyclic amines) is 1. The Morgan fingerprint density at radius 2 is 1.86 bits per heavy atom. The van der Waals surface area contributed by atoms with Gasteiger partial charge in [-0.2, -0.15) is 0 Å². The summed E-state index contributed by atoms with van der Waals surface area (Å²) in [4.78, 5) is 27.4. The molecule has 1 N–H and O–H groups in total. The zero-order valence-corrected chi connectivity index (χ0v) is 17.2. The minimum Gasteiger partial charge on any atom is -0.327 e. The van der Waals surface area contributed by atoms with E-state index in [0.717, 1.165) is 28.1 Å². The van der Waals surface area contributed by atoms with Crippen LogP contribution in [0.4, 0.5) is 5.13 Å². The highest BCUT2D eigenvalue weighted by molar-refractivity contribution is 7.18. The minimum atomic E-state index is -0.491. The highest BCUT2D eigenvalue weighted by atomic mass is 32.1. The number of carbonyl (C=O) groups excluding carboxylic acids is 2. The Kier molecular flexibility index (Phi) is 5.40. The molecule has 7 heteroatoms. The summed E-state index contributed by atoms with van der Waals surface area (Å²) in [6.07, 6.45) is 1.45. The molecule has 1 aromatic heterocycles. The van der Waals surface area contributed by atoms with Gasteiger partial charge in [0.2, 0.25) is 11.0 Å². The molecule has 148 valence electrons. The van der Waals surface area contributed by atoms with Crippen LogP contribution < -0.4 is 5.32 Å². The first kappa shape index (κ1) is 19.3. The SMILES string of the molecule is Cc1ccc(C(=O)N2CCCC2C(=O)Nc2nnc(-c3cccc(C)c3)s2)cc1. The summed E-state index contributed by atoms with van der Waals surface area (Å²) in [5, 5.41) is 12.3. The van der Waals surface area contributed by atoms with E-state index in [1.165, 1.54) is 11.3 Å². The molecule has 1 unspecified atom stereocenters. The Bertz CT molecular complexity index is 1040. The molecule has 29 heavy (non-hydrogen) atoms. The lowest BCUT2D eigenvalue weighted by atomic mass is 10.1. The van der Waals surface area contributed by atoms with Crippen molar-refractivity contribution in [1.82, 2.24) is 15.1 Å². The van der Waals surface area contributed by atoms with Crippen molar-refractivity contribution >= 4 is 28.3 Å². The van der Waals surface area contributed by atoms with Crippen LogP contribution in [0.2, 0.25) is 0 Å². The molecule has 2 aromatic carbocycles. The maximum Gasteiger partial charge on any atom is 0.254 e. The molecule has 0 spiro atoms. The summed E-state index contributed by atoms with van der Waals surface area (Å²) in [6.45, 7) is 4.58. The lowest BCUT2D eigenvalue weighted by Crippen LogP contribution is -2.43. The number of nitrogens with one attached hydrogen (secondary N) is 1. The maximum absolute atomic E-state index is 12.9. The number of anilines is 1. The van der Waals surface area contributed by atoms with E-state index >= 15 is 0 Å². The average molecular weight is 407 g/mol. The van der Waals surface area contributed by atoms with Crippen molar-refractivity contribution in [3.8, 4) is 10.6 Å². The zero-order valence-electron chi connectivity index (χ0n) is 16.4. The van der Waals surface area contributed by atoms with Gasteiger partial charge in [-0.25, -0.2) is 0 Å². The molecule has 1 saturated heterocycles. The first-order valence-electron chi connectivity index (χ1n) is 9.60. The van der Waals surface area contributed by atoms with E-state index in [0.29, 0.717) is 23.7 Å². The molecule has 1 aliphatic rings. The summed E-state index contributed by atoms with van der Waals surface area (Å²) in [6, 6.07) is 14.9. The fourth-order valence-corrected chi connectivity index (χ4v) is 4.24. The molecular weight excluding hydrogens is 384 g/mol. The highest BCUT2D eigenvalue weighted by Crippen LogP contribution is 2.28. The third kappa shape index (κ3) is 4.19. The quantitative estimate of drug-likeness (QED) is 0.709. The second-order valence-corrected chi connectivity index (χ2v) is 8.27. The smallest absolute Gasteiger partial charge is 0.254 e. The number of aromatic nitrogens is 2. The third-order valence-corrected chi connectivity index (χ3v) is 5.92. The van der Waals surface area contributed by atoms with Crippen LogP contribution in [0.1, 0.15) is 34.3 Å². The van der Waals surface area contributed by atoms with Crippen molar-refractivity contribution in [1.29, 1.82) is 0 Å². The number of amides is 2. The van der Waals surface area contributed by atoms with E-state index in [-0.39, 0.29) is 11.8 Å². The van der Waals surface area contributed by atoms with Gasteiger partial charge in [0.15, 0.2) is 0 Å². The zero-order chi connectivity index (χ0) is 20.4. The van der Waals surface area contributed by atoms with Gasteiger partial charge in [0.1, 0.15) is 11.0 Å². The number of carbonyl (C=O) groups is 2. The van der Waals surface area contributed by atoms with Gasteiger partial charge in [0, 0.05) is 17.7 Å². The van der Waals surface area contributed by atoms with Gasteiger partial charge in [0.05, 0.1) is 0 Å². The van der Waals surface area contributed by atoms with Crippen LogP contribution >= 0.6 is 11.3 Å². The summed E-state index contributed by atoms with van der Waals surface area (Å²) in [5.41, 5.74) is 3.81. The van der Waals surface area contributed by atoms with E-state index in [4.69, 9.17) is 0 Å². The van der Waals surface area contributed by atoms with Gasteiger partial charge in [0.25, 0.3) is 5.91 Å². The fourth-order valence-electron chi connectivity index (χ4n) is 3.50. The Balaban J connectivity index is 1.46. The predicted octanol–water partition coefficient (Wildman–Crippen LogP) is 4.07. The molecule has 0 radical (unpaired) electrons. The van der Waals surface area contributed by atoms with Crippen molar-refractivity contribution in [3.63, 3.8) is 0 Å². The van der Waals surface area contributed by atoms with Gasteiger partial charge in [-0.15, -0.1) is 10.2 Å². The maximum atomic E-state index is 12.9. The second-order valence-electron chi connectivity index (χ2n) is 7.29. The summed E-state index contributed by atoms with van der Waals surface area (Å²) >= 11 is 1.33. The van der Waals surface area contributed by atoms with Gasteiger partial charge >= 0.3 is 0 Å². The third-order valence-electron chi connectivity index (χ3n) is 5.03. The van der Waals surface area contributed by atoms with Crippen LogP contribution in [0.5, 0.6) is 0 Å². The molecule has 4 rings (SSSR count). The van der Waals surface area contributed by atoms with Crippen molar-refractivity contribution < 1.29 is 9.59 Å². The lowest BCUT2D eigenvalue weighted by molar-refractivity contribution is -0.119. The topological polar surface area (TPSA) is 75.2 Å². The van der Waals surface area contributed by atoms with Gasteiger partial charge in [-0.05, 0) is 44.9 Å². The van der Waals surface area contributed by atoms with Crippen LogP contribution in [-0.2, 0) is 4.79 Å². The van der Waals surface area contributed by atoms with Crippen LogP contribution in [-0.4, -0.2) is 39.5 Å². The monoisotopic (exact) mass is 406 g/mol. The van der Waals surface area contributed by atoms with Gasteiger partial charge < -0.3 is 4.90 Å². The van der Waals surface area contributed by atoms with E-state index in [2.05, 4.69) is 15.5 Å². The van der Waals surface area contributed by atoms with E-state index in [1.54, 1.807) is 4.90 Å². The lowest BCUT2D eigenvalue weighted by Gasteiger charge is -2.23. The molecule has 6 nitrogen and oxygen atoms in total. The van der Waals surface area contributed by atoms with E-state index in [9.17, 15) is 9.59 Å². The Morgan fingerprint density at radius 3 is 2.62 bits per heavy atom. The number of hydrogen-bond donors (Lipinski definition) is 1. The van der Waals surface area contributed by atoms with Crippen molar-refractivity contribution in [3.05, 3.63) is 65.2 Å². The molecule has 3 aromatic rings. The van der Waals surface area contributed by atoms with Gasteiger partial charge in [-0.3, -0.25) is 14.9 Å². The van der Waals surface area contributed by atoms with Crippen LogP contribution in [0.3, 0.4) is 0 Å². The van der Waals surface area contributed by atoms with E-state index < -0.39 is 6.04 Å². The summed E-state index contributed by atoms with van der Waals surface area (Å²) in [5.74, 6) is -0.324. The predicted molar refractivity (Wildman–Crippen MR) is 114 cm³/mol. The number of rotatable bonds is 4. The van der Waals surface area contributed by atoms with Crippen LogP contribution in [0.15, 0.2) is 48.5 Å². The summed E-state index contributed by atoms with van der Waals surface area (Å²) < 4.78 is 0. The Morgan fingerprint density at radius 1 is 1.07 bits per heavy atom. The van der Waals surface area contributed by atoms with Crippen molar-refractivity contribution in [2.45, 2.75) is 32.7 Å². The molecule has 1 fully saturated rings. The molecule has 0 aliphatic carbocycles. The normalized spacial score (nSPS) is 16.1. The van der Waals surface area contributed by atoms with Crippen molar-refractivity contribution in [2.75, 3.05) is 11.9 Å². The molecule has 2 heterocycles.